The molecule has 0 fully saturated rings. The fraction of sp³-hybridized carbons (Fsp3) is 0.231. The van der Waals surface area contributed by atoms with E-state index < -0.39 is 13.8 Å². The molecule has 4 heteroatoms. The van der Waals surface area contributed by atoms with E-state index in [1.54, 1.807) is 13.8 Å². The summed E-state index contributed by atoms with van der Waals surface area (Å²) < 4.78 is 22.0. The molecule has 2 aromatic rings. The minimum atomic E-state index is -3.65. The minimum absolute atomic E-state index is 0.700. The van der Waals surface area contributed by atoms with Gasteiger partial charge in [-0.15, -0.1) is 0 Å². The van der Waals surface area contributed by atoms with E-state index >= 15 is 0 Å². The average Bonchev–Trinajstić information content (AvgIpc) is 2.27. The van der Waals surface area contributed by atoms with Crippen molar-refractivity contribution in [1.29, 1.82) is 0 Å². The number of benzene rings is 2. The summed E-state index contributed by atoms with van der Waals surface area (Å²) in [7, 11) is 1.83. The van der Waals surface area contributed by atoms with Gasteiger partial charge in [0.05, 0.1) is 0 Å². The van der Waals surface area contributed by atoms with Crippen LogP contribution in [0.3, 0.4) is 0 Å². The molecule has 0 bridgehead atoms. The van der Waals surface area contributed by atoms with Gasteiger partial charge in [-0.1, -0.05) is 36.4 Å². The first-order chi connectivity index (χ1) is 7.82. The van der Waals surface area contributed by atoms with Crippen molar-refractivity contribution in [3.05, 3.63) is 48.0 Å². The fourth-order valence-electron chi connectivity index (χ4n) is 1.70. The van der Waals surface area contributed by atoms with E-state index in [2.05, 4.69) is 0 Å². The first kappa shape index (κ1) is 12.4. The lowest BCUT2D eigenvalue weighted by atomic mass is 9.98. The molecule has 0 aromatic heterocycles. The predicted molar refractivity (Wildman–Crippen MR) is 71.7 cm³/mol. The maximum Gasteiger partial charge on any atom is 0.241 e. The number of hydrogen-bond acceptors (Lipinski definition) is 2. The van der Waals surface area contributed by atoms with E-state index in [1.165, 1.54) is 0 Å². The summed E-state index contributed by atoms with van der Waals surface area (Å²) >= 11 is 0. The Morgan fingerprint density at radius 2 is 1.59 bits per heavy atom. The van der Waals surface area contributed by atoms with Gasteiger partial charge in [0.1, 0.15) is 4.75 Å². The SMILES string of the molecule is CC(C)(c1ccc2ccccc2c1)S(=O)(=O)Cl. The van der Waals surface area contributed by atoms with E-state index in [0.717, 1.165) is 10.8 Å². The number of fused-ring (bicyclic) bond motifs is 1. The largest absolute Gasteiger partial charge is 0.241 e. The second kappa shape index (κ2) is 4.00. The molecule has 90 valence electrons. The van der Waals surface area contributed by atoms with Crippen LogP contribution in [0.25, 0.3) is 10.8 Å². The quantitative estimate of drug-likeness (QED) is 0.779. The normalized spacial score (nSPS) is 12.9. The van der Waals surface area contributed by atoms with Crippen LogP contribution in [0.15, 0.2) is 42.5 Å². The topological polar surface area (TPSA) is 34.1 Å². The highest BCUT2D eigenvalue weighted by molar-refractivity contribution is 8.14. The van der Waals surface area contributed by atoms with Gasteiger partial charge in [0, 0.05) is 10.7 Å². The van der Waals surface area contributed by atoms with Crippen LogP contribution < -0.4 is 0 Å². The van der Waals surface area contributed by atoms with Gasteiger partial charge < -0.3 is 0 Å². The summed E-state index contributed by atoms with van der Waals surface area (Å²) in [6, 6.07) is 13.4. The molecular formula is C13H13ClO2S. The molecule has 0 saturated carbocycles. The third-order valence-corrected chi connectivity index (χ3v) is 5.67. The molecule has 0 saturated heterocycles. The highest BCUT2D eigenvalue weighted by Gasteiger charge is 2.34. The van der Waals surface area contributed by atoms with Gasteiger partial charge in [-0.3, -0.25) is 0 Å². The Morgan fingerprint density at radius 1 is 1.00 bits per heavy atom. The van der Waals surface area contributed by atoms with Gasteiger partial charge in [-0.2, -0.15) is 0 Å². The molecule has 2 nitrogen and oxygen atoms in total. The zero-order valence-electron chi connectivity index (χ0n) is 9.64. The van der Waals surface area contributed by atoms with E-state index in [9.17, 15) is 8.42 Å². The summed E-state index contributed by atoms with van der Waals surface area (Å²) in [6.45, 7) is 3.22. The highest BCUT2D eigenvalue weighted by Crippen LogP contribution is 2.33. The Kier molecular flexibility index (Phi) is 2.92. The lowest BCUT2D eigenvalue weighted by molar-refractivity contribution is 0.571. The molecule has 0 spiro atoms. The van der Waals surface area contributed by atoms with Gasteiger partial charge >= 0.3 is 0 Å². The van der Waals surface area contributed by atoms with Crippen molar-refractivity contribution in [2.75, 3.05) is 0 Å². The summed E-state index contributed by atoms with van der Waals surface area (Å²) in [5.41, 5.74) is 0.700. The van der Waals surface area contributed by atoms with Crippen LogP contribution in [0.5, 0.6) is 0 Å². The lowest BCUT2D eigenvalue weighted by Crippen LogP contribution is -2.24. The van der Waals surface area contributed by atoms with E-state index in [0.29, 0.717) is 5.56 Å². The number of rotatable bonds is 2. The molecule has 0 aliphatic heterocycles. The van der Waals surface area contributed by atoms with Crippen molar-refractivity contribution >= 4 is 30.5 Å². The lowest BCUT2D eigenvalue weighted by Gasteiger charge is -2.21. The Balaban J connectivity index is 2.65. The van der Waals surface area contributed by atoms with Gasteiger partial charge in [-0.05, 0) is 36.2 Å². The van der Waals surface area contributed by atoms with Crippen molar-refractivity contribution in [3.8, 4) is 0 Å². The van der Waals surface area contributed by atoms with Gasteiger partial charge in [-0.25, -0.2) is 8.42 Å². The van der Waals surface area contributed by atoms with Crippen molar-refractivity contribution in [3.63, 3.8) is 0 Å². The third-order valence-electron chi connectivity index (χ3n) is 3.05. The minimum Gasteiger partial charge on any atom is -0.211 e. The molecular weight excluding hydrogens is 256 g/mol. The zero-order valence-corrected chi connectivity index (χ0v) is 11.2. The maximum absolute atomic E-state index is 11.6. The summed E-state index contributed by atoms with van der Waals surface area (Å²) in [4.78, 5) is 0. The van der Waals surface area contributed by atoms with Gasteiger partial charge in [0.25, 0.3) is 0 Å². The monoisotopic (exact) mass is 268 g/mol. The van der Waals surface area contributed by atoms with Crippen LogP contribution in [-0.4, -0.2) is 8.42 Å². The first-order valence-electron chi connectivity index (χ1n) is 5.26. The molecule has 17 heavy (non-hydrogen) atoms. The van der Waals surface area contributed by atoms with Crippen LogP contribution in [0, 0.1) is 0 Å². The second-order valence-corrected chi connectivity index (χ2v) is 7.63. The smallest absolute Gasteiger partial charge is 0.211 e. The zero-order chi connectivity index (χ0) is 12.7. The summed E-state index contributed by atoms with van der Waals surface area (Å²) in [6.07, 6.45) is 0. The van der Waals surface area contributed by atoms with E-state index in [1.807, 2.05) is 42.5 Å². The fourth-order valence-corrected chi connectivity index (χ4v) is 2.38. The molecule has 0 radical (unpaired) electrons. The number of hydrogen-bond donors (Lipinski definition) is 0. The molecule has 0 aliphatic carbocycles. The molecule has 2 rings (SSSR count). The molecule has 0 heterocycles. The molecule has 0 aliphatic rings. The maximum atomic E-state index is 11.6. The average molecular weight is 269 g/mol. The highest BCUT2D eigenvalue weighted by atomic mass is 35.7. The molecule has 0 amide bonds. The second-order valence-electron chi connectivity index (χ2n) is 4.51. The van der Waals surface area contributed by atoms with E-state index in [-0.39, 0.29) is 0 Å². The van der Waals surface area contributed by atoms with Crippen LogP contribution in [0.4, 0.5) is 0 Å². The third kappa shape index (κ3) is 2.17. The van der Waals surface area contributed by atoms with Crippen molar-refractivity contribution < 1.29 is 8.42 Å². The Hall–Kier alpha value is -1.06. The van der Waals surface area contributed by atoms with Crippen LogP contribution in [0.1, 0.15) is 19.4 Å². The molecule has 0 N–H and O–H groups in total. The number of halogens is 1. The van der Waals surface area contributed by atoms with Crippen molar-refractivity contribution in [1.82, 2.24) is 0 Å². The van der Waals surface area contributed by atoms with Crippen LogP contribution >= 0.6 is 10.7 Å². The first-order valence-corrected chi connectivity index (χ1v) is 7.57. The van der Waals surface area contributed by atoms with Crippen molar-refractivity contribution in [2.24, 2.45) is 0 Å². The van der Waals surface area contributed by atoms with Crippen LogP contribution in [-0.2, 0) is 13.8 Å². The van der Waals surface area contributed by atoms with Gasteiger partial charge in [0.2, 0.25) is 9.05 Å². The molecule has 0 unspecified atom stereocenters. The standard InChI is InChI=1S/C13H13ClO2S/c1-13(2,17(14,15)16)12-8-7-10-5-3-4-6-11(10)9-12/h3-9H,1-2H3. The van der Waals surface area contributed by atoms with E-state index in [4.69, 9.17) is 10.7 Å². The summed E-state index contributed by atoms with van der Waals surface area (Å²) in [5.74, 6) is 0. The molecule has 0 atom stereocenters. The molecule has 2 aromatic carbocycles. The van der Waals surface area contributed by atoms with Gasteiger partial charge in [0.15, 0.2) is 0 Å². The Morgan fingerprint density at radius 3 is 2.18 bits per heavy atom. The van der Waals surface area contributed by atoms with Crippen molar-refractivity contribution in [2.45, 2.75) is 18.6 Å². The van der Waals surface area contributed by atoms with Crippen LogP contribution in [0.2, 0.25) is 0 Å². The Labute approximate surface area is 106 Å². The summed E-state index contributed by atoms with van der Waals surface area (Å²) in [5, 5.41) is 2.09. The predicted octanol–water partition coefficient (Wildman–Crippen LogP) is 3.64. The Bertz CT molecular complexity index is 660.